The van der Waals surface area contributed by atoms with Crippen molar-refractivity contribution in [1.29, 1.82) is 5.26 Å². The minimum Gasteiger partial charge on any atom is -0.321 e. The van der Waals surface area contributed by atoms with Crippen LogP contribution in [0.4, 0.5) is 10.7 Å². The summed E-state index contributed by atoms with van der Waals surface area (Å²) in [4.78, 5) is 44.3. The van der Waals surface area contributed by atoms with Crippen molar-refractivity contribution in [3.8, 4) is 6.07 Å². The van der Waals surface area contributed by atoms with Gasteiger partial charge in [-0.25, -0.2) is 0 Å². The summed E-state index contributed by atoms with van der Waals surface area (Å²) in [5, 5.41) is 21.0. The SMILES string of the molecule is N#Cc1c(NC(=O)CSc2cccc(NC(=O)/C(=C/c3cccs3)NC(=O)c3ccccc3)c2)sc2c1CCN(Cc1ccccc1)C2. The smallest absolute Gasteiger partial charge is 0.272 e. The van der Waals surface area contributed by atoms with Crippen LogP contribution < -0.4 is 16.0 Å². The van der Waals surface area contributed by atoms with Crippen molar-refractivity contribution >= 4 is 68.9 Å². The van der Waals surface area contributed by atoms with Gasteiger partial charge in [0.25, 0.3) is 11.8 Å². The van der Waals surface area contributed by atoms with E-state index < -0.39 is 5.91 Å². The van der Waals surface area contributed by atoms with Crippen LogP contribution in [0.3, 0.4) is 0 Å². The molecule has 0 saturated carbocycles. The van der Waals surface area contributed by atoms with Gasteiger partial charge in [0.15, 0.2) is 0 Å². The fourth-order valence-corrected chi connectivity index (χ4v) is 7.94. The van der Waals surface area contributed by atoms with Crippen molar-refractivity contribution < 1.29 is 14.4 Å². The number of fused-ring (bicyclic) bond motifs is 1. The number of anilines is 2. The summed E-state index contributed by atoms with van der Waals surface area (Å²) in [7, 11) is 0. The van der Waals surface area contributed by atoms with Crippen molar-refractivity contribution in [1.82, 2.24) is 10.2 Å². The maximum Gasteiger partial charge on any atom is 0.272 e. The molecule has 0 saturated heterocycles. The standard InChI is InChI=1S/C37H31N5O3S3/c38-21-31-30-16-17-42(22-25-9-3-1-4-10-25)23-33(30)48-37(31)41-34(43)24-47-28-14-7-13-27(19-28)39-36(45)32(20-29-15-8-18-46-29)40-35(44)26-11-5-2-6-12-26/h1-15,18-20H,16-17,22-24H2,(H,39,45)(H,40,44)(H,41,43)/b32-20-. The van der Waals surface area contributed by atoms with Gasteiger partial charge in [-0.05, 0) is 65.4 Å². The van der Waals surface area contributed by atoms with Crippen LogP contribution in [0.5, 0.6) is 0 Å². The maximum atomic E-state index is 13.4. The van der Waals surface area contributed by atoms with E-state index in [4.69, 9.17) is 0 Å². The number of thioether (sulfide) groups is 1. The number of thiophene rings is 2. The van der Waals surface area contributed by atoms with E-state index in [1.165, 1.54) is 40.0 Å². The van der Waals surface area contributed by atoms with E-state index in [0.717, 1.165) is 46.3 Å². The molecule has 0 spiro atoms. The fourth-order valence-electron chi connectivity index (χ4n) is 5.27. The molecule has 0 bridgehead atoms. The van der Waals surface area contributed by atoms with Gasteiger partial charge >= 0.3 is 0 Å². The summed E-state index contributed by atoms with van der Waals surface area (Å²) in [5.41, 5.74) is 3.91. The van der Waals surface area contributed by atoms with Crippen molar-refractivity contribution in [2.75, 3.05) is 22.9 Å². The van der Waals surface area contributed by atoms with E-state index in [-0.39, 0.29) is 23.3 Å². The van der Waals surface area contributed by atoms with Gasteiger partial charge in [-0.2, -0.15) is 5.26 Å². The Hall–Kier alpha value is -4.99. The third-order valence-corrected chi connectivity index (χ3v) is 10.5. The number of carbonyl (C=O) groups is 3. The number of nitriles is 1. The zero-order chi connectivity index (χ0) is 33.3. The van der Waals surface area contributed by atoms with E-state index in [2.05, 4.69) is 39.1 Å². The Morgan fingerprint density at radius 1 is 0.938 bits per heavy atom. The lowest BCUT2D eigenvalue weighted by molar-refractivity contribution is -0.114. The molecule has 3 amide bonds. The second-order valence-electron chi connectivity index (χ2n) is 11.0. The Morgan fingerprint density at radius 3 is 2.48 bits per heavy atom. The number of benzene rings is 3. The molecule has 0 fully saturated rings. The predicted molar refractivity (Wildman–Crippen MR) is 194 cm³/mol. The molecule has 3 aromatic carbocycles. The molecule has 1 aliphatic rings. The predicted octanol–water partition coefficient (Wildman–Crippen LogP) is 7.38. The second kappa shape index (κ2) is 15.7. The van der Waals surface area contributed by atoms with Crippen LogP contribution in [0.15, 0.2) is 113 Å². The first-order valence-electron chi connectivity index (χ1n) is 15.2. The molecule has 0 atom stereocenters. The third kappa shape index (κ3) is 8.48. The molecule has 3 N–H and O–H groups in total. The lowest BCUT2D eigenvalue weighted by Gasteiger charge is -2.26. The first kappa shape index (κ1) is 32.9. The van der Waals surface area contributed by atoms with E-state index in [1.807, 2.05) is 47.8 Å². The molecule has 48 heavy (non-hydrogen) atoms. The Kier molecular flexibility index (Phi) is 10.8. The molecular weight excluding hydrogens is 659 g/mol. The highest BCUT2D eigenvalue weighted by Crippen LogP contribution is 2.37. The summed E-state index contributed by atoms with van der Waals surface area (Å²) in [6, 6.07) is 32.3. The average molecular weight is 690 g/mol. The number of hydrogen-bond donors (Lipinski definition) is 3. The normalized spacial score (nSPS) is 12.9. The van der Waals surface area contributed by atoms with Crippen LogP contribution in [0.1, 0.15) is 36.8 Å². The number of rotatable bonds is 11. The lowest BCUT2D eigenvalue weighted by atomic mass is 10.0. The molecular formula is C37H31N5O3S3. The molecule has 5 aromatic rings. The van der Waals surface area contributed by atoms with Crippen molar-refractivity contribution in [2.24, 2.45) is 0 Å². The summed E-state index contributed by atoms with van der Waals surface area (Å²) >= 11 is 4.26. The van der Waals surface area contributed by atoms with Crippen LogP contribution >= 0.6 is 34.4 Å². The van der Waals surface area contributed by atoms with Gasteiger partial charge in [-0.15, -0.1) is 34.4 Å². The van der Waals surface area contributed by atoms with Gasteiger partial charge in [0, 0.05) is 45.5 Å². The minimum absolute atomic E-state index is 0.110. The number of hydrogen-bond acceptors (Lipinski definition) is 8. The zero-order valence-corrected chi connectivity index (χ0v) is 28.2. The first-order valence-corrected chi connectivity index (χ1v) is 17.9. The quantitative estimate of drug-likeness (QED) is 0.0986. The molecule has 8 nitrogen and oxygen atoms in total. The molecule has 0 unspecified atom stereocenters. The first-order chi connectivity index (χ1) is 23.4. The molecule has 2 aromatic heterocycles. The van der Waals surface area contributed by atoms with Gasteiger partial charge in [-0.1, -0.05) is 60.7 Å². The van der Waals surface area contributed by atoms with Crippen LogP contribution in [0.25, 0.3) is 6.08 Å². The molecule has 6 rings (SSSR count). The second-order valence-corrected chi connectivity index (χ2v) is 14.1. The van der Waals surface area contributed by atoms with Crippen LogP contribution in [0, 0.1) is 11.3 Å². The highest BCUT2D eigenvalue weighted by Gasteiger charge is 2.25. The minimum atomic E-state index is -0.472. The molecule has 0 aliphatic carbocycles. The van der Waals surface area contributed by atoms with Gasteiger partial charge in [0.05, 0.1) is 11.3 Å². The van der Waals surface area contributed by atoms with Crippen molar-refractivity contribution in [3.63, 3.8) is 0 Å². The summed E-state index contributed by atoms with van der Waals surface area (Å²) in [6.45, 7) is 2.44. The number of nitrogens with one attached hydrogen (secondary N) is 3. The lowest BCUT2D eigenvalue weighted by Crippen LogP contribution is -2.30. The van der Waals surface area contributed by atoms with E-state index in [0.29, 0.717) is 21.8 Å². The molecule has 3 heterocycles. The van der Waals surface area contributed by atoms with Crippen molar-refractivity contribution in [3.05, 3.63) is 140 Å². The summed E-state index contributed by atoms with van der Waals surface area (Å²) < 4.78 is 0. The number of amides is 3. The zero-order valence-electron chi connectivity index (χ0n) is 25.8. The van der Waals surface area contributed by atoms with Crippen LogP contribution in [-0.4, -0.2) is 34.9 Å². The molecule has 0 radical (unpaired) electrons. The molecule has 1 aliphatic heterocycles. The number of carbonyl (C=O) groups excluding carboxylic acids is 3. The Labute approximate surface area is 291 Å². The fraction of sp³-hybridized carbons (Fsp3) is 0.135. The van der Waals surface area contributed by atoms with Gasteiger partial charge in [-0.3, -0.25) is 19.3 Å². The Bertz CT molecular complexity index is 1980. The van der Waals surface area contributed by atoms with Gasteiger partial charge in [0.2, 0.25) is 5.91 Å². The Morgan fingerprint density at radius 2 is 1.73 bits per heavy atom. The van der Waals surface area contributed by atoms with E-state index in [9.17, 15) is 19.6 Å². The van der Waals surface area contributed by atoms with Crippen LogP contribution in [-0.2, 0) is 29.1 Å². The van der Waals surface area contributed by atoms with Gasteiger partial charge in [0.1, 0.15) is 16.8 Å². The maximum absolute atomic E-state index is 13.4. The molecule has 11 heteroatoms. The molecule has 240 valence electrons. The third-order valence-electron chi connectivity index (χ3n) is 7.57. The highest BCUT2D eigenvalue weighted by molar-refractivity contribution is 8.00. The van der Waals surface area contributed by atoms with E-state index in [1.54, 1.807) is 48.5 Å². The average Bonchev–Trinajstić information content (AvgIpc) is 3.75. The van der Waals surface area contributed by atoms with E-state index >= 15 is 0 Å². The Balaban J connectivity index is 1.07. The summed E-state index contributed by atoms with van der Waals surface area (Å²) in [5.74, 6) is -0.947. The number of nitrogens with zero attached hydrogens (tertiary/aromatic N) is 2. The topological polar surface area (TPSA) is 114 Å². The largest absolute Gasteiger partial charge is 0.321 e. The highest BCUT2D eigenvalue weighted by atomic mass is 32.2. The summed E-state index contributed by atoms with van der Waals surface area (Å²) in [6.07, 6.45) is 2.41. The van der Waals surface area contributed by atoms with Crippen LogP contribution in [0.2, 0.25) is 0 Å². The van der Waals surface area contributed by atoms with Gasteiger partial charge < -0.3 is 16.0 Å². The van der Waals surface area contributed by atoms with Crippen molar-refractivity contribution in [2.45, 2.75) is 24.4 Å². The monoisotopic (exact) mass is 689 g/mol.